The standard InChI is InChI=1S/C79H144O17P2/c1-5-9-13-17-21-25-29-33-35-36-38-42-46-50-54-58-62-66-79(84)96-75(70-90-77(82)64-60-56-52-48-44-40-32-28-24-20-16-12-8-4)72-94-98(87,88)92-68-73(80)67-91-97(85,86)93-71-74(69-89-76(81)63-59-55-51-47-43-39-31-27-23-19-15-11-7-3)95-78(83)65-61-57-53-49-45-41-37-34-30-26-22-18-14-10-6-2/h21,25,33-35,37-38,42,50,54,73-75,80H,5-20,22-24,26-32,36,39-41,43-49,51-53,55-72H2,1-4H3,(H,85,86)(H,87,88)/b25-21-,35-33-,37-34-,42-38-,54-50-/t73-,74+,75+/m0/s1. The molecule has 5 atom stereocenters. The van der Waals surface area contributed by atoms with Gasteiger partial charge in [-0.2, -0.15) is 0 Å². The van der Waals surface area contributed by atoms with Gasteiger partial charge in [0.1, 0.15) is 19.3 Å². The fraction of sp³-hybridized carbons (Fsp3) is 0.823. The Morgan fingerprint density at radius 3 is 0.837 bits per heavy atom. The Bertz CT molecular complexity index is 2100. The topological polar surface area (TPSA) is 237 Å². The molecule has 0 heterocycles. The van der Waals surface area contributed by atoms with Gasteiger partial charge in [0.05, 0.1) is 26.4 Å². The second-order valence-corrected chi connectivity index (χ2v) is 29.6. The van der Waals surface area contributed by atoms with Gasteiger partial charge in [0.25, 0.3) is 0 Å². The molecule has 19 heteroatoms. The van der Waals surface area contributed by atoms with Crippen molar-refractivity contribution in [2.75, 3.05) is 39.6 Å². The minimum atomic E-state index is -4.98. The van der Waals surface area contributed by atoms with Crippen LogP contribution in [-0.4, -0.2) is 96.7 Å². The molecular formula is C79H144O17P2. The highest BCUT2D eigenvalue weighted by atomic mass is 31.2. The number of hydrogen-bond acceptors (Lipinski definition) is 15. The summed E-state index contributed by atoms with van der Waals surface area (Å²) in [5, 5.41) is 10.6. The highest BCUT2D eigenvalue weighted by Crippen LogP contribution is 2.45. The van der Waals surface area contributed by atoms with E-state index < -0.39 is 97.5 Å². The lowest BCUT2D eigenvalue weighted by atomic mass is 10.0. The number of ether oxygens (including phenoxy) is 4. The first-order valence-electron chi connectivity index (χ1n) is 39.5. The highest BCUT2D eigenvalue weighted by Gasteiger charge is 2.30. The SMILES string of the molecule is CCCCC/C=C\C/C=C\C/C=C\C/C=C\CCCC(=O)O[C@H](COC(=O)CCCCCCCCCCCCCCC)COP(=O)(O)OC[C@@H](O)COP(=O)(O)OC[C@@H](COC(=O)CCCCCCCCCCCCCCC)OC(=O)CCCCCCC/C=C\CCCCCCCC. The molecule has 3 N–H and O–H groups in total. The van der Waals surface area contributed by atoms with Crippen molar-refractivity contribution >= 4 is 39.5 Å². The first-order chi connectivity index (χ1) is 47.7. The Hall–Kier alpha value is -3.24. The summed E-state index contributed by atoms with van der Waals surface area (Å²) in [6.07, 6.45) is 70.6. The average Bonchev–Trinajstić information content (AvgIpc) is 1.05. The van der Waals surface area contributed by atoms with Crippen LogP contribution in [0.3, 0.4) is 0 Å². The van der Waals surface area contributed by atoms with Crippen LogP contribution in [0.2, 0.25) is 0 Å². The summed E-state index contributed by atoms with van der Waals surface area (Å²) < 4.78 is 68.5. The van der Waals surface area contributed by atoms with Crippen LogP contribution in [0, 0.1) is 0 Å². The summed E-state index contributed by atoms with van der Waals surface area (Å²) in [5.41, 5.74) is 0. The molecule has 0 amide bonds. The summed E-state index contributed by atoms with van der Waals surface area (Å²) in [4.78, 5) is 72.9. The Balaban J connectivity index is 5.37. The maximum absolute atomic E-state index is 13.1. The Morgan fingerprint density at radius 2 is 0.510 bits per heavy atom. The van der Waals surface area contributed by atoms with Crippen molar-refractivity contribution in [3.05, 3.63) is 60.8 Å². The molecule has 17 nitrogen and oxygen atoms in total. The normalized spacial score (nSPS) is 14.2. The number of aliphatic hydroxyl groups excluding tert-OH is 1. The Labute approximate surface area is 597 Å². The number of aliphatic hydroxyl groups is 1. The van der Waals surface area contributed by atoms with Gasteiger partial charge >= 0.3 is 39.5 Å². The molecule has 0 aromatic rings. The Kier molecular flexibility index (Phi) is 69.7. The van der Waals surface area contributed by atoms with Gasteiger partial charge in [-0.3, -0.25) is 37.3 Å². The van der Waals surface area contributed by atoms with E-state index in [1.807, 2.05) is 12.2 Å². The molecule has 0 aromatic carbocycles. The van der Waals surface area contributed by atoms with Crippen molar-refractivity contribution in [1.29, 1.82) is 0 Å². The van der Waals surface area contributed by atoms with E-state index in [0.717, 1.165) is 103 Å². The van der Waals surface area contributed by atoms with Crippen molar-refractivity contribution in [2.24, 2.45) is 0 Å². The number of unbranched alkanes of at least 4 members (excludes halogenated alkanes) is 39. The van der Waals surface area contributed by atoms with E-state index in [0.29, 0.717) is 32.1 Å². The summed E-state index contributed by atoms with van der Waals surface area (Å²) in [6, 6.07) is 0. The minimum Gasteiger partial charge on any atom is -0.462 e. The van der Waals surface area contributed by atoms with Crippen LogP contribution >= 0.6 is 15.6 Å². The molecule has 0 aliphatic heterocycles. The van der Waals surface area contributed by atoms with E-state index in [2.05, 4.69) is 76.3 Å². The minimum absolute atomic E-state index is 0.0241. The maximum atomic E-state index is 13.1. The third-order valence-corrected chi connectivity index (χ3v) is 18.9. The molecule has 0 fully saturated rings. The van der Waals surface area contributed by atoms with Gasteiger partial charge in [-0.1, -0.05) is 307 Å². The lowest BCUT2D eigenvalue weighted by molar-refractivity contribution is -0.161. The third-order valence-electron chi connectivity index (χ3n) is 17.0. The maximum Gasteiger partial charge on any atom is 0.472 e. The smallest absolute Gasteiger partial charge is 0.462 e. The molecule has 2 unspecified atom stereocenters. The van der Waals surface area contributed by atoms with Gasteiger partial charge in [0.15, 0.2) is 12.2 Å². The van der Waals surface area contributed by atoms with Crippen molar-refractivity contribution in [2.45, 2.75) is 380 Å². The second-order valence-electron chi connectivity index (χ2n) is 26.7. The lowest BCUT2D eigenvalue weighted by Gasteiger charge is -2.21. The zero-order valence-corrected chi connectivity index (χ0v) is 64.3. The molecule has 0 bridgehead atoms. The molecule has 0 radical (unpaired) electrons. The van der Waals surface area contributed by atoms with E-state index in [-0.39, 0.29) is 25.7 Å². The summed E-state index contributed by atoms with van der Waals surface area (Å²) in [7, 11) is -9.95. The number of rotatable bonds is 75. The number of allylic oxidation sites excluding steroid dienone is 10. The zero-order valence-electron chi connectivity index (χ0n) is 62.5. The molecule has 0 aliphatic rings. The quantitative estimate of drug-likeness (QED) is 0.0169. The van der Waals surface area contributed by atoms with E-state index in [1.54, 1.807) is 0 Å². The molecular weight excluding hydrogens is 1280 g/mol. The summed E-state index contributed by atoms with van der Waals surface area (Å²) in [5.74, 6) is -2.22. The second kappa shape index (κ2) is 72.1. The van der Waals surface area contributed by atoms with E-state index >= 15 is 0 Å². The predicted molar refractivity (Wildman–Crippen MR) is 400 cm³/mol. The summed E-state index contributed by atoms with van der Waals surface area (Å²) >= 11 is 0. The number of phosphoric acid groups is 2. The van der Waals surface area contributed by atoms with Crippen molar-refractivity contribution < 1.29 is 80.2 Å². The average molecular weight is 1430 g/mol. The van der Waals surface area contributed by atoms with Crippen LogP contribution in [0.15, 0.2) is 60.8 Å². The lowest BCUT2D eigenvalue weighted by Crippen LogP contribution is -2.30. The largest absolute Gasteiger partial charge is 0.472 e. The van der Waals surface area contributed by atoms with Crippen molar-refractivity contribution in [1.82, 2.24) is 0 Å². The molecule has 0 rings (SSSR count). The molecule has 572 valence electrons. The van der Waals surface area contributed by atoms with Crippen LogP contribution in [-0.2, 0) is 65.4 Å². The van der Waals surface area contributed by atoms with Gasteiger partial charge in [-0.25, -0.2) is 9.13 Å². The van der Waals surface area contributed by atoms with Gasteiger partial charge in [0.2, 0.25) is 0 Å². The van der Waals surface area contributed by atoms with Gasteiger partial charge in [0, 0.05) is 25.7 Å². The number of hydrogen-bond donors (Lipinski definition) is 3. The number of carbonyl (C=O) groups is 4. The molecule has 0 saturated carbocycles. The van der Waals surface area contributed by atoms with Crippen molar-refractivity contribution in [3.8, 4) is 0 Å². The predicted octanol–water partition coefficient (Wildman–Crippen LogP) is 22.7. The fourth-order valence-electron chi connectivity index (χ4n) is 10.9. The highest BCUT2D eigenvalue weighted by molar-refractivity contribution is 7.47. The first-order valence-corrected chi connectivity index (χ1v) is 42.5. The van der Waals surface area contributed by atoms with Crippen LogP contribution in [0.5, 0.6) is 0 Å². The Morgan fingerprint density at radius 1 is 0.286 bits per heavy atom. The first kappa shape index (κ1) is 94.8. The third kappa shape index (κ3) is 71.2. The summed E-state index contributed by atoms with van der Waals surface area (Å²) in [6.45, 7) is 4.83. The number of carbonyl (C=O) groups excluding carboxylic acids is 4. The molecule has 0 spiro atoms. The molecule has 0 aromatic heterocycles. The molecule has 0 aliphatic carbocycles. The van der Waals surface area contributed by atoms with E-state index in [9.17, 15) is 43.2 Å². The van der Waals surface area contributed by atoms with Crippen molar-refractivity contribution in [3.63, 3.8) is 0 Å². The van der Waals surface area contributed by atoms with Gasteiger partial charge < -0.3 is 33.8 Å². The van der Waals surface area contributed by atoms with Crippen LogP contribution in [0.4, 0.5) is 0 Å². The number of phosphoric ester groups is 2. The van der Waals surface area contributed by atoms with Gasteiger partial charge in [-0.05, 0) is 89.9 Å². The van der Waals surface area contributed by atoms with E-state index in [4.69, 9.17) is 37.0 Å². The van der Waals surface area contributed by atoms with Crippen LogP contribution in [0.25, 0.3) is 0 Å². The zero-order chi connectivity index (χ0) is 71.8. The van der Waals surface area contributed by atoms with Gasteiger partial charge in [-0.15, -0.1) is 0 Å². The molecule has 0 saturated heterocycles. The van der Waals surface area contributed by atoms with E-state index in [1.165, 1.54) is 173 Å². The fourth-order valence-corrected chi connectivity index (χ4v) is 12.5. The molecule has 98 heavy (non-hydrogen) atoms. The monoisotopic (exact) mass is 1430 g/mol. The number of esters is 4. The van der Waals surface area contributed by atoms with Crippen LogP contribution in [0.1, 0.15) is 362 Å². The van der Waals surface area contributed by atoms with Crippen LogP contribution < -0.4 is 0 Å².